The molecule has 0 bridgehead atoms. The van der Waals surface area contributed by atoms with Gasteiger partial charge in [0.15, 0.2) is 5.43 Å². The first-order chi connectivity index (χ1) is 9.04. The molecule has 1 aliphatic rings. The number of fused-ring (bicyclic) bond motifs is 1. The van der Waals surface area contributed by atoms with Gasteiger partial charge in [-0.2, -0.15) is 0 Å². The topological polar surface area (TPSA) is 109 Å². The summed E-state index contributed by atoms with van der Waals surface area (Å²) in [6.45, 7) is 0.667. The minimum Gasteiger partial charge on any atom is -0.477 e. The van der Waals surface area contributed by atoms with Crippen LogP contribution in [0.1, 0.15) is 21.6 Å². The molecule has 0 amide bonds. The van der Waals surface area contributed by atoms with Crippen LogP contribution >= 0.6 is 0 Å². The van der Waals surface area contributed by atoms with Crippen LogP contribution in [0.15, 0.2) is 16.0 Å². The molecule has 1 aromatic heterocycles. The molecular weight excluding hydrogens is 253 g/mol. The number of nitrogens with two attached hydrogens (primary N) is 1. The average Bonchev–Trinajstić information content (AvgIpc) is 2.37. The summed E-state index contributed by atoms with van der Waals surface area (Å²) in [4.78, 5) is 29.5. The fraction of sp³-hybridized carbons (Fsp3) is 0.417. The quantitative estimate of drug-likeness (QED) is 0.711. The number of nitrogens with one attached hydrogen (secondary N) is 1. The number of carbonyl (C=O) groups is 1. The van der Waals surface area contributed by atoms with E-state index in [0.717, 1.165) is 6.20 Å². The highest BCUT2D eigenvalue weighted by molar-refractivity contribution is 5.93. The van der Waals surface area contributed by atoms with E-state index >= 15 is 0 Å². The van der Waals surface area contributed by atoms with E-state index < -0.39 is 17.6 Å². The second-order valence-electron chi connectivity index (χ2n) is 4.30. The van der Waals surface area contributed by atoms with Crippen molar-refractivity contribution in [3.63, 3.8) is 0 Å². The summed E-state index contributed by atoms with van der Waals surface area (Å²) in [5.41, 5.74) is 5.38. The van der Waals surface area contributed by atoms with E-state index in [2.05, 4.69) is 9.98 Å². The molecular formula is C12H14FN3O3. The number of alkyl halides is 1. The molecule has 1 heterocycles. The Kier molecular flexibility index (Phi) is 3.75. The van der Waals surface area contributed by atoms with Crippen molar-refractivity contribution in [2.75, 3.05) is 13.1 Å². The van der Waals surface area contributed by atoms with E-state index in [1.165, 1.54) is 0 Å². The van der Waals surface area contributed by atoms with E-state index in [1.54, 1.807) is 0 Å². The molecule has 1 aliphatic carbocycles. The van der Waals surface area contributed by atoms with Crippen LogP contribution in [0.5, 0.6) is 0 Å². The number of halogens is 1. The molecule has 1 atom stereocenters. The average molecular weight is 267 g/mol. The highest BCUT2D eigenvalue weighted by Gasteiger charge is 2.28. The van der Waals surface area contributed by atoms with Crippen LogP contribution in [-0.4, -0.2) is 41.0 Å². The zero-order valence-electron chi connectivity index (χ0n) is 10.1. The van der Waals surface area contributed by atoms with Crippen molar-refractivity contribution >= 4 is 11.7 Å². The maximum Gasteiger partial charge on any atom is 0.341 e. The summed E-state index contributed by atoms with van der Waals surface area (Å²) in [6, 6.07) is 0. The van der Waals surface area contributed by atoms with Crippen LogP contribution in [0.25, 0.3) is 0 Å². The van der Waals surface area contributed by atoms with Crippen LogP contribution in [0.4, 0.5) is 4.39 Å². The number of pyridine rings is 1. The number of aromatic amines is 1. The number of nitrogens with zero attached hydrogens (tertiary/aromatic N) is 1. The molecule has 0 fully saturated rings. The lowest BCUT2D eigenvalue weighted by atomic mass is 9.91. The van der Waals surface area contributed by atoms with Crippen molar-refractivity contribution in [1.29, 1.82) is 0 Å². The SMILES string of the molecule is NCCN=C1Cc2[nH]cc(C(=O)O)c(=O)c2CC1F. The van der Waals surface area contributed by atoms with Gasteiger partial charge >= 0.3 is 5.97 Å². The van der Waals surface area contributed by atoms with Crippen LogP contribution in [0.3, 0.4) is 0 Å². The van der Waals surface area contributed by atoms with Gasteiger partial charge in [0.25, 0.3) is 0 Å². The number of aliphatic imine (C=N–C) groups is 1. The Hall–Kier alpha value is -2.02. The molecule has 0 aromatic carbocycles. The molecule has 1 aromatic rings. The zero-order chi connectivity index (χ0) is 14.0. The summed E-state index contributed by atoms with van der Waals surface area (Å²) in [6.07, 6.45) is -0.173. The van der Waals surface area contributed by atoms with Crippen LogP contribution in [-0.2, 0) is 12.8 Å². The van der Waals surface area contributed by atoms with Gasteiger partial charge in [-0.3, -0.25) is 9.79 Å². The minimum absolute atomic E-state index is 0.144. The molecule has 0 spiro atoms. The molecule has 0 radical (unpaired) electrons. The molecule has 6 nitrogen and oxygen atoms in total. The second kappa shape index (κ2) is 5.31. The Morgan fingerprint density at radius 1 is 1.63 bits per heavy atom. The number of H-pyrrole nitrogens is 1. The van der Waals surface area contributed by atoms with Gasteiger partial charge in [-0.05, 0) is 0 Å². The summed E-state index contributed by atoms with van der Waals surface area (Å²) in [5, 5.41) is 8.85. The summed E-state index contributed by atoms with van der Waals surface area (Å²) >= 11 is 0. The Labute approximate surface area is 108 Å². The number of hydrogen-bond donors (Lipinski definition) is 3. The van der Waals surface area contributed by atoms with Gasteiger partial charge < -0.3 is 15.8 Å². The predicted octanol–water partition coefficient (Wildman–Crippen LogP) is -0.0905. The summed E-state index contributed by atoms with van der Waals surface area (Å²) in [7, 11) is 0. The van der Waals surface area contributed by atoms with Crippen molar-refractivity contribution in [3.05, 3.63) is 33.2 Å². The first-order valence-corrected chi connectivity index (χ1v) is 5.88. The largest absolute Gasteiger partial charge is 0.477 e. The Balaban J connectivity index is 2.41. The van der Waals surface area contributed by atoms with E-state index in [-0.39, 0.29) is 24.0 Å². The lowest BCUT2D eigenvalue weighted by molar-refractivity contribution is 0.0694. The van der Waals surface area contributed by atoms with Gasteiger partial charge in [-0.15, -0.1) is 0 Å². The van der Waals surface area contributed by atoms with E-state index in [1.807, 2.05) is 0 Å². The number of aromatic nitrogens is 1. The van der Waals surface area contributed by atoms with Crippen molar-refractivity contribution in [2.45, 2.75) is 19.0 Å². The zero-order valence-corrected chi connectivity index (χ0v) is 10.1. The van der Waals surface area contributed by atoms with Crippen LogP contribution in [0.2, 0.25) is 0 Å². The lowest BCUT2D eigenvalue weighted by Crippen LogP contribution is -2.34. The summed E-state index contributed by atoms with van der Waals surface area (Å²) in [5.74, 6) is -1.32. The van der Waals surface area contributed by atoms with E-state index in [4.69, 9.17) is 10.8 Å². The van der Waals surface area contributed by atoms with Gasteiger partial charge in [0.05, 0.1) is 12.3 Å². The number of carboxylic acid groups (broad SMARTS) is 1. The molecule has 0 aliphatic heterocycles. The van der Waals surface area contributed by atoms with E-state index in [9.17, 15) is 14.0 Å². The second-order valence-corrected chi connectivity index (χ2v) is 4.30. The molecule has 0 saturated heterocycles. The number of aromatic carboxylic acids is 1. The normalized spacial score (nSPS) is 20.3. The molecule has 4 N–H and O–H groups in total. The molecule has 1 unspecified atom stereocenters. The van der Waals surface area contributed by atoms with Crippen molar-refractivity contribution in [2.24, 2.45) is 10.7 Å². The Morgan fingerprint density at radius 2 is 2.37 bits per heavy atom. The van der Waals surface area contributed by atoms with Crippen molar-refractivity contribution in [1.82, 2.24) is 4.98 Å². The van der Waals surface area contributed by atoms with Gasteiger partial charge in [0.1, 0.15) is 11.7 Å². The summed E-state index contributed by atoms with van der Waals surface area (Å²) < 4.78 is 13.9. The van der Waals surface area contributed by atoms with Gasteiger partial charge in [0.2, 0.25) is 0 Å². The standard InChI is InChI=1S/C12H14FN3O3/c13-8-3-6-9(4-10(8)15-2-1-14)16-5-7(11(6)17)12(18)19/h5,8H,1-4,14H2,(H,16,17)(H,18,19). The minimum atomic E-state index is -1.36. The highest BCUT2D eigenvalue weighted by Crippen LogP contribution is 2.18. The highest BCUT2D eigenvalue weighted by atomic mass is 19.1. The maximum absolute atomic E-state index is 13.9. The number of carboxylic acids is 1. The third-order valence-corrected chi connectivity index (χ3v) is 3.05. The fourth-order valence-electron chi connectivity index (χ4n) is 2.10. The molecule has 0 saturated carbocycles. The van der Waals surface area contributed by atoms with E-state index in [0.29, 0.717) is 24.5 Å². The molecule has 2 rings (SSSR count). The first kappa shape index (κ1) is 13.4. The van der Waals surface area contributed by atoms with Crippen LogP contribution in [0, 0.1) is 0 Å². The van der Waals surface area contributed by atoms with Gasteiger partial charge in [0, 0.05) is 36.8 Å². The smallest absolute Gasteiger partial charge is 0.341 e. The third-order valence-electron chi connectivity index (χ3n) is 3.05. The fourth-order valence-corrected chi connectivity index (χ4v) is 2.10. The predicted molar refractivity (Wildman–Crippen MR) is 67.7 cm³/mol. The lowest BCUT2D eigenvalue weighted by Gasteiger charge is -2.20. The Bertz CT molecular complexity index is 594. The number of hydrogen-bond acceptors (Lipinski definition) is 4. The molecule has 102 valence electrons. The first-order valence-electron chi connectivity index (χ1n) is 5.88. The molecule has 19 heavy (non-hydrogen) atoms. The Morgan fingerprint density at radius 3 is 3.00 bits per heavy atom. The number of rotatable bonds is 3. The van der Waals surface area contributed by atoms with Gasteiger partial charge in [-0.25, -0.2) is 9.18 Å². The van der Waals surface area contributed by atoms with Crippen LogP contribution < -0.4 is 11.2 Å². The molecule has 7 heteroatoms. The van der Waals surface area contributed by atoms with Gasteiger partial charge in [-0.1, -0.05) is 0 Å². The monoisotopic (exact) mass is 267 g/mol. The van der Waals surface area contributed by atoms with Crippen molar-refractivity contribution < 1.29 is 14.3 Å². The third kappa shape index (κ3) is 2.55. The maximum atomic E-state index is 13.9. The van der Waals surface area contributed by atoms with Crippen molar-refractivity contribution in [3.8, 4) is 0 Å².